The lowest BCUT2D eigenvalue weighted by atomic mass is 9.75. The first kappa shape index (κ1) is 17.8. The Balaban J connectivity index is 1.67. The molecule has 1 aromatic heterocycles. The third-order valence-corrected chi connectivity index (χ3v) is 6.89. The van der Waals surface area contributed by atoms with E-state index in [4.69, 9.17) is 9.15 Å². The summed E-state index contributed by atoms with van der Waals surface area (Å²) in [5, 5.41) is 2.20. The molecule has 0 saturated carbocycles. The van der Waals surface area contributed by atoms with Gasteiger partial charge in [0.2, 0.25) is 0 Å². The minimum atomic E-state index is -0.150. The van der Waals surface area contributed by atoms with Gasteiger partial charge in [0.25, 0.3) is 0 Å². The molecule has 1 aliphatic heterocycles. The third-order valence-electron chi connectivity index (χ3n) is 6.23. The molecule has 0 unspecified atom stereocenters. The van der Waals surface area contributed by atoms with Gasteiger partial charge in [-0.15, -0.1) is 0 Å². The third kappa shape index (κ3) is 2.36. The van der Waals surface area contributed by atoms with Crippen LogP contribution in [0.15, 0.2) is 87.8 Å². The number of para-hydroxylation sites is 3. The second-order valence-electron chi connectivity index (χ2n) is 8.30. The van der Waals surface area contributed by atoms with E-state index in [-0.39, 0.29) is 5.41 Å². The first-order valence-corrected chi connectivity index (χ1v) is 10.9. The van der Waals surface area contributed by atoms with E-state index >= 15 is 0 Å². The lowest BCUT2D eigenvalue weighted by Crippen LogP contribution is -2.24. The fourth-order valence-corrected chi connectivity index (χ4v) is 5.20. The molecular weight excluding hydrogens is 436 g/mol. The normalized spacial score (nSPS) is 14.4. The van der Waals surface area contributed by atoms with Crippen LogP contribution in [-0.2, 0) is 5.41 Å². The van der Waals surface area contributed by atoms with Gasteiger partial charge in [-0.05, 0) is 24.3 Å². The van der Waals surface area contributed by atoms with Crippen LogP contribution in [0, 0.1) is 0 Å². The highest BCUT2D eigenvalue weighted by Crippen LogP contribution is 2.52. The average Bonchev–Trinajstić information content (AvgIpc) is 3.15. The summed E-state index contributed by atoms with van der Waals surface area (Å²) in [4.78, 5) is 0. The number of benzene rings is 4. The van der Waals surface area contributed by atoms with Crippen molar-refractivity contribution in [2.45, 2.75) is 19.3 Å². The number of rotatable bonds is 1. The van der Waals surface area contributed by atoms with Gasteiger partial charge in [0.15, 0.2) is 0 Å². The van der Waals surface area contributed by atoms with Gasteiger partial charge >= 0.3 is 0 Å². The highest BCUT2D eigenvalue weighted by molar-refractivity contribution is 9.10. The Morgan fingerprint density at radius 1 is 0.733 bits per heavy atom. The minimum absolute atomic E-state index is 0.150. The molecule has 30 heavy (non-hydrogen) atoms. The quantitative estimate of drug-likeness (QED) is 0.253. The zero-order valence-corrected chi connectivity index (χ0v) is 18.3. The Morgan fingerprint density at radius 3 is 2.40 bits per heavy atom. The molecule has 0 N–H and O–H groups in total. The van der Waals surface area contributed by atoms with Gasteiger partial charge in [-0.1, -0.05) is 84.4 Å². The molecule has 0 saturated heterocycles. The Labute approximate surface area is 183 Å². The molecular formula is C27H19BrO2. The van der Waals surface area contributed by atoms with Crippen molar-refractivity contribution in [1.82, 2.24) is 0 Å². The van der Waals surface area contributed by atoms with Crippen LogP contribution in [0.2, 0.25) is 0 Å². The fourth-order valence-electron chi connectivity index (χ4n) is 4.68. The molecule has 3 heteroatoms. The van der Waals surface area contributed by atoms with Crippen LogP contribution in [0.5, 0.6) is 11.5 Å². The van der Waals surface area contributed by atoms with Crippen LogP contribution in [0.1, 0.15) is 25.0 Å². The molecule has 0 amide bonds. The van der Waals surface area contributed by atoms with Crippen LogP contribution in [0.3, 0.4) is 0 Å². The van der Waals surface area contributed by atoms with Crippen LogP contribution >= 0.6 is 15.9 Å². The van der Waals surface area contributed by atoms with Crippen LogP contribution in [0.4, 0.5) is 0 Å². The average molecular weight is 455 g/mol. The van der Waals surface area contributed by atoms with Crippen molar-refractivity contribution in [2.24, 2.45) is 0 Å². The van der Waals surface area contributed by atoms with Crippen molar-refractivity contribution in [1.29, 1.82) is 0 Å². The van der Waals surface area contributed by atoms with Crippen molar-refractivity contribution in [3.05, 3.63) is 94.5 Å². The van der Waals surface area contributed by atoms with Gasteiger partial charge < -0.3 is 9.15 Å². The summed E-state index contributed by atoms with van der Waals surface area (Å²) in [5.74, 6) is 1.82. The maximum atomic E-state index is 6.50. The van der Waals surface area contributed by atoms with Crippen molar-refractivity contribution >= 4 is 37.9 Å². The molecule has 2 heterocycles. The lowest BCUT2D eigenvalue weighted by Gasteiger charge is -2.35. The minimum Gasteiger partial charge on any atom is -0.456 e. The summed E-state index contributed by atoms with van der Waals surface area (Å²) in [6.07, 6.45) is 0. The summed E-state index contributed by atoms with van der Waals surface area (Å²) < 4.78 is 13.9. The Bertz CT molecular complexity index is 1460. The van der Waals surface area contributed by atoms with Crippen LogP contribution < -0.4 is 4.74 Å². The number of hydrogen-bond donors (Lipinski definition) is 0. The Hall–Kier alpha value is -3.04. The van der Waals surface area contributed by atoms with Crippen molar-refractivity contribution in [3.63, 3.8) is 0 Å². The topological polar surface area (TPSA) is 22.4 Å². The Kier molecular flexibility index (Phi) is 3.69. The van der Waals surface area contributed by atoms with Crippen LogP contribution in [-0.4, -0.2) is 0 Å². The summed E-state index contributed by atoms with van der Waals surface area (Å²) in [6, 6.07) is 27.1. The molecule has 2 nitrogen and oxygen atoms in total. The molecule has 4 aromatic carbocycles. The molecule has 1 aliphatic rings. The number of fused-ring (bicyclic) bond motifs is 5. The first-order valence-electron chi connectivity index (χ1n) is 10.1. The summed E-state index contributed by atoms with van der Waals surface area (Å²) in [5.41, 5.74) is 6.09. The first-order chi connectivity index (χ1) is 14.6. The zero-order chi connectivity index (χ0) is 20.5. The smallest absolute Gasteiger partial charge is 0.144 e. The van der Waals surface area contributed by atoms with E-state index in [2.05, 4.69) is 84.4 Å². The van der Waals surface area contributed by atoms with E-state index in [0.717, 1.165) is 49.0 Å². The standard InChI is InChI=1S/C27H19BrO2/c1-27(2)19-10-4-6-13-23(19)30-25-16(9-7-11-20(25)27)17-14-15-21(28)24-18-8-3-5-12-22(18)29-26(17)24/h3-15H,1-2H3. The maximum Gasteiger partial charge on any atom is 0.144 e. The van der Waals surface area contributed by atoms with Crippen LogP contribution in [0.25, 0.3) is 33.1 Å². The van der Waals surface area contributed by atoms with E-state index < -0.39 is 0 Å². The van der Waals surface area contributed by atoms with Crippen molar-refractivity contribution < 1.29 is 9.15 Å². The molecule has 146 valence electrons. The second kappa shape index (κ2) is 6.23. The van der Waals surface area contributed by atoms with E-state index in [9.17, 15) is 0 Å². The second-order valence-corrected chi connectivity index (χ2v) is 9.16. The van der Waals surface area contributed by atoms with Gasteiger partial charge in [-0.25, -0.2) is 0 Å². The molecule has 5 aromatic rings. The molecule has 0 bridgehead atoms. The van der Waals surface area contributed by atoms with E-state index in [1.165, 1.54) is 11.1 Å². The molecule has 0 aliphatic carbocycles. The molecule has 0 atom stereocenters. The molecule has 6 rings (SSSR count). The number of hydrogen-bond acceptors (Lipinski definition) is 2. The highest BCUT2D eigenvalue weighted by Gasteiger charge is 2.35. The SMILES string of the molecule is CC1(C)c2ccccc2Oc2c(-c3ccc(Br)c4c3oc3ccccc34)cccc21. The van der Waals surface area contributed by atoms with E-state index in [0.29, 0.717) is 0 Å². The Morgan fingerprint density at radius 2 is 1.50 bits per heavy atom. The number of halogens is 1. The summed E-state index contributed by atoms with van der Waals surface area (Å²) >= 11 is 3.73. The molecule has 0 radical (unpaired) electrons. The van der Waals surface area contributed by atoms with Gasteiger partial charge in [-0.3, -0.25) is 0 Å². The monoisotopic (exact) mass is 454 g/mol. The van der Waals surface area contributed by atoms with E-state index in [1.807, 2.05) is 24.3 Å². The van der Waals surface area contributed by atoms with Crippen molar-refractivity contribution in [2.75, 3.05) is 0 Å². The van der Waals surface area contributed by atoms with Gasteiger partial charge in [0.1, 0.15) is 22.7 Å². The van der Waals surface area contributed by atoms with E-state index in [1.54, 1.807) is 0 Å². The molecule has 0 spiro atoms. The fraction of sp³-hybridized carbons (Fsp3) is 0.111. The number of furan rings is 1. The van der Waals surface area contributed by atoms with Gasteiger partial charge in [-0.2, -0.15) is 0 Å². The number of ether oxygens (including phenoxy) is 1. The largest absolute Gasteiger partial charge is 0.456 e. The molecule has 0 fully saturated rings. The predicted octanol–water partition coefficient (Wildman–Crippen LogP) is 8.45. The van der Waals surface area contributed by atoms with Crippen molar-refractivity contribution in [3.8, 4) is 22.6 Å². The predicted molar refractivity (Wildman–Crippen MR) is 126 cm³/mol. The van der Waals surface area contributed by atoms with Gasteiger partial charge in [0, 0.05) is 42.9 Å². The van der Waals surface area contributed by atoms with Gasteiger partial charge in [0.05, 0.1) is 0 Å². The maximum absolute atomic E-state index is 6.50. The summed E-state index contributed by atoms with van der Waals surface area (Å²) in [6.45, 7) is 4.52. The zero-order valence-electron chi connectivity index (χ0n) is 16.7. The lowest BCUT2D eigenvalue weighted by molar-refractivity contribution is 0.419. The summed E-state index contributed by atoms with van der Waals surface area (Å²) in [7, 11) is 0. The highest BCUT2D eigenvalue weighted by atomic mass is 79.9.